The van der Waals surface area contributed by atoms with E-state index in [4.69, 9.17) is 9.84 Å². The molecule has 0 radical (unpaired) electrons. The molecule has 0 saturated carbocycles. The summed E-state index contributed by atoms with van der Waals surface area (Å²) < 4.78 is 5.07. The van der Waals surface area contributed by atoms with Gasteiger partial charge in [-0.1, -0.05) is 12.1 Å². The highest BCUT2D eigenvalue weighted by atomic mass is 16.5. The van der Waals surface area contributed by atoms with E-state index in [1.165, 1.54) is 4.90 Å². The fraction of sp³-hybridized carbons (Fsp3) is 0.385. The first-order valence-electron chi connectivity index (χ1n) is 5.73. The number of carboxylic acids is 1. The van der Waals surface area contributed by atoms with E-state index in [1.54, 1.807) is 7.11 Å². The molecule has 1 N–H and O–H groups in total. The summed E-state index contributed by atoms with van der Waals surface area (Å²) in [5, 5.41) is 8.71. The summed E-state index contributed by atoms with van der Waals surface area (Å²) in [5.41, 5.74) is 1.04. The Morgan fingerprint density at radius 2 is 2.11 bits per heavy atom. The molecule has 18 heavy (non-hydrogen) atoms. The highest BCUT2D eigenvalue weighted by molar-refractivity contribution is 5.84. The highest BCUT2D eigenvalue weighted by Gasteiger charge is 2.31. The molecule has 1 aliphatic heterocycles. The standard InChI is InChI=1S/C13H15NO4/c1-18-11-4-2-9(3-5-11)10-6-12(15)14(7-10)8-13(16)17/h2-5,10H,6-8H2,1H3,(H,16,17). The highest BCUT2D eigenvalue weighted by Crippen LogP contribution is 2.29. The van der Waals surface area contributed by atoms with Crippen LogP contribution in [0.25, 0.3) is 0 Å². The summed E-state index contributed by atoms with van der Waals surface area (Å²) in [5.74, 6) is -0.231. The number of aliphatic carboxylic acids is 1. The van der Waals surface area contributed by atoms with Crippen LogP contribution in [-0.4, -0.2) is 42.1 Å². The zero-order chi connectivity index (χ0) is 13.1. The van der Waals surface area contributed by atoms with Gasteiger partial charge in [0.2, 0.25) is 5.91 Å². The molecular weight excluding hydrogens is 234 g/mol. The van der Waals surface area contributed by atoms with Crippen molar-refractivity contribution in [2.24, 2.45) is 0 Å². The minimum atomic E-state index is -0.973. The lowest BCUT2D eigenvalue weighted by Gasteiger charge is -2.14. The monoisotopic (exact) mass is 249 g/mol. The number of amides is 1. The van der Waals surface area contributed by atoms with Gasteiger partial charge in [-0.25, -0.2) is 0 Å². The molecule has 1 unspecified atom stereocenters. The SMILES string of the molecule is COc1ccc(C2CC(=O)N(CC(=O)O)C2)cc1. The second-order valence-electron chi connectivity index (χ2n) is 4.34. The predicted octanol–water partition coefficient (Wildman–Crippen LogP) is 1.10. The molecule has 1 aromatic rings. The fourth-order valence-corrected chi connectivity index (χ4v) is 2.19. The minimum Gasteiger partial charge on any atom is -0.497 e. The molecule has 1 aromatic carbocycles. The molecule has 2 rings (SSSR count). The fourth-order valence-electron chi connectivity index (χ4n) is 2.19. The van der Waals surface area contributed by atoms with Crippen LogP contribution < -0.4 is 4.74 Å². The molecule has 0 aromatic heterocycles. The number of nitrogens with zero attached hydrogens (tertiary/aromatic N) is 1. The van der Waals surface area contributed by atoms with E-state index in [9.17, 15) is 9.59 Å². The molecule has 96 valence electrons. The van der Waals surface area contributed by atoms with Crippen LogP contribution in [0.5, 0.6) is 5.75 Å². The summed E-state index contributed by atoms with van der Waals surface area (Å²) in [7, 11) is 1.60. The maximum atomic E-state index is 11.7. The van der Waals surface area contributed by atoms with Gasteiger partial charge < -0.3 is 14.7 Å². The Labute approximate surface area is 105 Å². The molecular formula is C13H15NO4. The summed E-state index contributed by atoms with van der Waals surface area (Å²) >= 11 is 0. The third kappa shape index (κ3) is 2.61. The first-order valence-corrected chi connectivity index (χ1v) is 5.73. The van der Waals surface area contributed by atoms with Crippen molar-refractivity contribution < 1.29 is 19.4 Å². The molecule has 1 atom stereocenters. The van der Waals surface area contributed by atoms with Crippen molar-refractivity contribution in [3.8, 4) is 5.75 Å². The van der Waals surface area contributed by atoms with Crippen molar-refractivity contribution in [2.75, 3.05) is 20.2 Å². The molecule has 5 nitrogen and oxygen atoms in total. The van der Waals surface area contributed by atoms with Gasteiger partial charge in [-0.05, 0) is 17.7 Å². The summed E-state index contributed by atoms with van der Waals surface area (Å²) in [6.45, 7) is 0.253. The predicted molar refractivity (Wildman–Crippen MR) is 64.6 cm³/mol. The molecule has 0 aliphatic carbocycles. The Hall–Kier alpha value is -2.04. The van der Waals surface area contributed by atoms with Gasteiger partial charge in [0.05, 0.1) is 7.11 Å². The van der Waals surface area contributed by atoms with Crippen molar-refractivity contribution in [3.63, 3.8) is 0 Å². The number of carboxylic acid groups (broad SMARTS) is 1. The van der Waals surface area contributed by atoms with Crippen LogP contribution in [0.2, 0.25) is 0 Å². The van der Waals surface area contributed by atoms with E-state index in [-0.39, 0.29) is 18.4 Å². The molecule has 0 spiro atoms. The zero-order valence-electron chi connectivity index (χ0n) is 10.1. The van der Waals surface area contributed by atoms with Crippen LogP contribution in [-0.2, 0) is 9.59 Å². The summed E-state index contributed by atoms with van der Waals surface area (Å²) in [4.78, 5) is 23.7. The lowest BCUT2D eigenvalue weighted by molar-refractivity contribution is -0.142. The van der Waals surface area contributed by atoms with E-state index >= 15 is 0 Å². The van der Waals surface area contributed by atoms with Crippen LogP contribution in [0.15, 0.2) is 24.3 Å². The Balaban J connectivity index is 2.06. The molecule has 1 heterocycles. The van der Waals surface area contributed by atoms with Gasteiger partial charge in [0.1, 0.15) is 12.3 Å². The maximum Gasteiger partial charge on any atom is 0.323 e. The smallest absolute Gasteiger partial charge is 0.323 e. The zero-order valence-corrected chi connectivity index (χ0v) is 10.1. The van der Waals surface area contributed by atoms with Gasteiger partial charge in [0.15, 0.2) is 0 Å². The Kier molecular flexibility index (Phi) is 3.50. The number of ether oxygens (including phenoxy) is 1. The second kappa shape index (κ2) is 5.08. The van der Waals surface area contributed by atoms with Crippen LogP contribution in [0.1, 0.15) is 17.9 Å². The quantitative estimate of drug-likeness (QED) is 0.867. The average molecular weight is 249 g/mol. The largest absolute Gasteiger partial charge is 0.497 e. The van der Waals surface area contributed by atoms with Crippen LogP contribution >= 0.6 is 0 Å². The van der Waals surface area contributed by atoms with Crippen LogP contribution in [0.4, 0.5) is 0 Å². The number of carbonyl (C=O) groups excluding carboxylic acids is 1. The van der Waals surface area contributed by atoms with Crippen molar-refractivity contribution in [3.05, 3.63) is 29.8 Å². The normalized spacial score (nSPS) is 19.1. The number of hydrogen-bond donors (Lipinski definition) is 1. The van der Waals surface area contributed by atoms with Gasteiger partial charge in [-0.15, -0.1) is 0 Å². The molecule has 1 fully saturated rings. The van der Waals surface area contributed by atoms with E-state index in [0.717, 1.165) is 11.3 Å². The van der Waals surface area contributed by atoms with Gasteiger partial charge in [0, 0.05) is 18.9 Å². The maximum absolute atomic E-state index is 11.7. The molecule has 1 amide bonds. The topological polar surface area (TPSA) is 66.8 Å². The van der Waals surface area contributed by atoms with Crippen molar-refractivity contribution in [2.45, 2.75) is 12.3 Å². The molecule has 0 bridgehead atoms. The van der Waals surface area contributed by atoms with E-state index in [1.807, 2.05) is 24.3 Å². The third-order valence-electron chi connectivity index (χ3n) is 3.13. The number of carbonyl (C=O) groups is 2. The molecule has 5 heteroatoms. The summed E-state index contributed by atoms with van der Waals surface area (Å²) in [6, 6.07) is 7.53. The lowest BCUT2D eigenvalue weighted by Crippen LogP contribution is -2.30. The number of likely N-dealkylation sites (tertiary alicyclic amines) is 1. The van der Waals surface area contributed by atoms with Gasteiger partial charge >= 0.3 is 5.97 Å². The Morgan fingerprint density at radius 3 is 2.67 bits per heavy atom. The van der Waals surface area contributed by atoms with Gasteiger partial charge in [-0.2, -0.15) is 0 Å². The number of hydrogen-bond acceptors (Lipinski definition) is 3. The van der Waals surface area contributed by atoms with Crippen molar-refractivity contribution in [1.29, 1.82) is 0 Å². The van der Waals surface area contributed by atoms with Crippen LogP contribution in [0.3, 0.4) is 0 Å². The lowest BCUT2D eigenvalue weighted by atomic mass is 9.98. The first-order chi connectivity index (χ1) is 8.60. The Bertz CT molecular complexity index is 455. The molecule has 1 saturated heterocycles. The van der Waals surface area contributed by atoms with E-state index in [2.05, 4.69) is 0 Å². The minimum absolute atomic E-state index is 0.0720. The van der Waals surface area contributed by atoms with E-state index in [0.29, 0.717) is 13.0 Å². The summed E-state index contributed by atoms with van der Waals surface area (Å²) in [6.07, 6.45) is 0.375. The number of methoxy groups -OCH3 is 1. The van der Waals surface area contributed by atoms with Crippen LogP contribution in [0, 0.1) is 0 Å². The average Bonchev–Trinajstić information content (AvgIpc) is 2.70. The van der Waals surface area contributed by atoms with E-state index < -0.39 is 5.97 Å². The second-order valence-corrected chi connectivity index (χ2v) is 4.34. The molecule has 1 aliphatic rings. The number of benzene rings is 1. The van der Waals surface area contributed by atoms with Gasteiger partial charge in [0.25, 0.3) is 0 Å². The van der Waals surface area contributed by atoms with Gasteiger partial charge in [-0.3, -0.25) is 9.59 Å². The number of rotatable bonds is 4. The third-order valence-corrected chi connectivity index (χ3v) is 3.13. The van der Waals surface area contributed by atoms with Crippen molar-refractivity contribution in [1.82, 2.24) is 4.90 Å². The Morgan fingerprint density at radius 1 is 1.44 bits per heavy atom. The first kappa shape index (κ1) is 12.4. The van der Waals surface area contributed by atoms with Crippen molar-refractivity contribution >= 4 is 11.9 Å².